The number of ketones is 2. The number of para-hydroxylation sites is 2. The predicted molar refractivity (Wildman–Crippen MR) is 111 cm³/mol. The Hall–Kier alpha value is -2.62. The molecule has 2 aromatic rings. The van der Waals surface area contributed by atoms with Crippen LogP contribution < -0.4 is 0 Å². The number of Topliss-reactive ketones (excluding diaryl/α,β-unsaturated/α-hetero) is 2. The molecule has 0 saturated carbocycles. The first-order valence-electron chi connectivity index (χ1n) is 10.1. The van der Waals surface area contributed by atoms with Crippen molar-refractivity contribution in [2.24, 2.45) is 0 Å². The van der Waals surface area contributed by atoms with E-state index in [4.69, 9.17) is 0 Å². The van der Waals surface area contributed by atoms with E-state index in [0.717, 1.165) is 49.7 Å². The second kappa shape index (κ2) is 10.6. The molecule has 0 amide bonds. The van der Waals surface area contributed by atoms with Crippen molar-refractivity contribution in [2.75, 3.05) is 0 Å². The molecule has 0 atom stereocenters. The zero-order valence-corrected chi connectivity index (χ0v) is 16.8. The van der Waals surface area contributed by atoms with Crippen LogP contribution in [0, 0.1) is 13.8 Å². The smallest absolute Gasteiger partial charge is 0.166 e. The number of phenols is 2. The van der Waals surface area contributed by atoms with E-state index < -0.39 is 0 Å². The third-order valence-corrected chi connectivity index (χ3v) is 5.13. The monoisotopic (exact) mass is 382 g/mol. The lowest BCUT2D eigenvalue weighted by atomic mass is 9.99. The number of benzene rings is 2. The second-order valence-electron chi connectivity index (χ2n) is 7.41. The van der Waals surface area contributed by atoms with Gasteiger partial charge in [0.25, 0.3) is 0 Å². The number of phenolic OH excluding ortho intramolecular Hbond substituents is 2. The summed E-state index contributed by atoms with van der Waals surface area (Å²) in [7, 11) is 0. The molecule has 0 fully saturated rings. The summed E-state index contributed by atoms with van der Waals surface area (Å²) < 4.78 is 0. The molecule has 4 nitrogen and oxygen atoms in total. The first-order valence-corrected chi connectivity index (χ1v) is 10.1. The lowest BCUT2D eigenvalue weighted by Crippen LogP contribution is -2.01. The molecule has 0 saturated heterocycles. The number of hydrogen-bond donors (Lipinski definition) is 2. The van der Waals surface area contributed by atoms with E-state index >= 15 is 0 Å². The van der Waals surface area contributed by atoms with Gasteiger partial charge < -0.3 is 10.2 Å². The van der Waals surface area contributed by atoms with Gasteiger partial charge in [0.1, 0.15) is 11.5 Å². The van der Waals surface area contributed by atoms with Crippen molar-refractivity contribution < 1.29 is 19.8 Å². The van der Waals surface area contributed by atoms with Gasteiger partial charge in [-0.15, -0.1) is 0 Å². The van der Waals surface area contributed by atoms with Crippen molar-refractivity contribution in [3.8, 4) is 11.5 Å². The zero-order chi connectivity index (χ0) is 20.5. The van der Waals surface area contributed by atoms with E-state index in [1.165, 1.54) is 0 Å². The first-order chi connectivity index (χ1) is 13.4. The van der Waals surface area contributed by atoms with E-state index in [0.29, 0.717) is 24.0 Å². The summed E-state index contributed by atoms with van der Waals surface area (Å²) in [6, 6.07) is 10.5. The van der Waals surface area contributed by atoms with E-state index in [1.807, 2.05) is 0 Å². The number of carbonyl (C=O) groups is 2. The van der Waals surface area contributed by atoms with Crippen LogP contribution in [0.15, 0.2) is 36.4 Å². The molecule has 2 rings (SSSR count). The fourth-order valence-electron chi connectivity index (χ4n) is 3.32. The molecular weight excluding hydrogens is 352 g/mol. The van der Waals surface area contributed by atoms with Gasteiger partial charge in [-0.1, -0.05) is 49.9 Å². The highest BCUT2D eigenvalue weighted by molar-refractivity contribution is 5.99. The van der Waals surface area contributed by atoms with Gasteiger partial charge in [0.2, 0.25) is 0 Å². The number of aryl methyl sites for hydroxylation is 2. The molecular formula is C24H30O4. The largest absolute Gasteiger partial charge is 0.507 e. The van der Waals surface area contributed by atoms with Gasteiger partial charge >= 0.3 is 0 Å². The Bertz CT molecular complexity index is 754. The highest BCUT2D eigenvalue weighted by atomic mass is 16.3. The van der Waals surface area contributed by atoms with E-state index in [9.17, 15) is 19.8 Å². The fourth-order valence-corrected chi connectivity index (χ4v) is 3.32. The highest BCUT2D eigenvalue weighted by Gasteiger charge is 2.13. The first kappa shape index (κ1) is 21.7. The summed E-state index contributed by atoms with van der Waals surface area (Å²) >= 11 is 0. The Morgan fingerprint density at radius 3 is 1.39 bits per heavy atom. The molecule has 0 unspecified atom stereocenters. The van der Waals surface area contributed by atoms with Gasteiger partial charge in [0.15, 0.2) is 11.6 Å². The third kappa shape index (κ3) is 5.95. The number of aromatic hydroxyl groups is 2. The molecule has 0 aliphatic rings. The maximum Gasteiger partial charge on any atom is 0.166 e. The Morgan fingerprint density at radius 1 is 0.643 bits per heavy atom. The molecule has 2 N–H and O–H groups in total. The van der Waals surface area contributed by atoms with Crippen LogP contribution in [0.3, 0.4) is 0 Å². The van der Waals surface area contributed by atoms with Crippen LogP contribution in [-0.4, -0.2) is 21.8 Å². The van der Waals surface area contributed by atoms with Crippen LogP contribution in [0.25, 0.3) is 0 Å². The Labute approximate surface area is 167 Å². The van der Waals surface area contributed by atoms with Crippen molar-refractivity contribution >= 4 is 11.6 Å². The minimum atomic E-state index is -0.00948. The summed E-state index contributed by atoms with van der Waals surface area (Å²) in [5.74, 6) is 0.170. The van der Waals surface area contributed by atoms with Crippen LogP contribution in [0.2, 0.25) is 0 Å². The van der Waals surface area contributed by atoms with Crippen molar-refractivity contribution in [2.45, 2.75) is 65.2 Å². The molecule has 4 heteroatoms. The van der Waals surface area contributed by atoms with E-state index in [-0.39, 0.29) is 23.1 Å². The van der Waals surface area contributed by atoms with Crippen molar-refractivity contribution in [3.05, 3.63) is 58.7 Å². The molecule has 0 spiro atoms. The van der Waals surface area contributed by atoms with Gasteiger partial charge in [-0.2, -0.15) is 0 Å². The lowest BCUT2D eigenvalue weighted by molar-refractivity contribution is 0.0966. The maximum absolute atomic E-state index is 12.2. The summed E-state index contributed by atoms with van der Waals surface area (Å²) in [5.41, 5.74) is 2.27. The van der Waals surface area contributed by atoms with Crippen LogP contribution >= 0.6 is 0 Å². The fraction of sp³-hybridized carbons (Fsp3) is 0.417. The van der Waals surface area contributed by atoms with Crippen LogP contribution in [0.1, 0.15) is 83.2 Å². The van der Waals surface area contributed by atoms with Crippen LogP contribution in [0.4, 0.5) is 0 Å². The Kier molecular flexibility index (Phi) is 8.24. The molecule has 0 aromatic heterocycles. The van der Waals surface area contributed by atoms with Gasteiger partial charge in [-0.05, 0) is 49.9 Å². The molecule has 0 bridgehead atoms. The molecule has 2 aromatic carbocycles. The lowest BCUT2D eigenvalue weighted by Gasteiger charge is -2.07. The minimum Gasteiger partial charge on any atom is -0.507 e. The highest BCUT2D eigenvalue weighted by Crippen LogP contribution is 2.25. The van der Waals surface area contributed by atoms with Crippen LogP contribution in [-0.2, 0) is 0 Å². The SMILES string of the molecule is Cc1cccc(C(=O)CCCCCCCCC(=O)c2cccc(C)c2O)c1O. The summed E-state index contributed by atoms with van der Waals surface area (Å²) in [6.07, 6.45) is 6.48. The molecule has 28 heavy (non-hydrogen) atoms. The van der Waals surface area contributed by atoms with Gasteiger partial charge in [-0.3, -0.25) is 9.59 Å². The van der Waals surface area contributed by atoms with Gasteiger partial charge in [-0.25, -0.2) is 0 Å². The molecule has 0 heterocycles. The number of unbranched alkanes of at least 4 members (excludes halogenated alkanes) is 5. The topological polar surface area (TPSA) is 74.6 Å². The minimum absolute atomic E-state index is 0.00948. The number of rotatable bonds is 11. The van der Waals surface area contributed by atoms with Gasteiger partial charge in [0, 0.05) is 12.8 Å². The average Bonchev–Trinajstić information content (AvgIpc) is 2.67. The van der Waals surface area contributed by atoms with E-state index in [1.54, 1.807) is 50.2 Å². The summed E-state index contributed by atoms with van der Waals surface area (Å²) in [6.45, 7) is 3.58. The van der Waals surface area contributed by atoms with E-state index in [2.05, 4.69) is 0 Å². The molecule has 150 valence electrons. The summed E-state index contributed by atoms with van der Waals surface area (Å²) in [4.78, 5) is 24.4. The number of carbonyl (C=O) groups excluding carboxylic acids is 2. The quantitative estimate of drug-likeness (QED) is 0.375. The van der Waals surface area contributed by atoms with Crippen molar-refractivity contribution in [3.63, 3.8) is 0 Å². The average molecular weight is 383 g/mol. The van der Waals surface area contributed by atoms with Gasteiger partial charge in [0.05, 0.1) is 11.1 Å². The van der Waals surface area contributed by atoms with Crippen LogP contribution in [0.5, 0.6) is 11.5 Å². The molecule has 0 aliphatic heterocycles. The Morgan fingerprint density at radius 2 is 1.00 bits per heavy atom. The second-order valence-corrected chi connectivity index (χ2v) is 7.41. The van der Waals surface area contributed by atoms with Crippen molar-refractivity contribution in [1.29, 1.82) is 0 Å². The maximum atomic E-state index is 12.2. The normalized spacial score (nSPS) is 10.8. The predicted octanol–water partition coefficient (Wildman–Crippen LogP) is 5.90. The molecule has 0 aliphatic carbocycles. The van der Waals surface area contributed by atoms with Crippen molar-refractivity contribution in [1.82, 2.24) is 0 Å². The Balaban J connectivity index is 1.60. The summed E-state index contributed by atoms with van der Waals surface area (Å²) in [5, 5.41) is 19.9. The zero-order valence-electron chi connectivity index (χ0n) is 16.8. The molecule has 0 radical (unpaired) electrons. The standard InChI is InChI=1S/C24H30O4/c1-17-11-9-13-19(23(17)27)21(25)15-7-5-3-4-6-8-16-22(26)20-14-10-12-18(2)24(20)28/h9-14,27-28H,3-8,15-16H2,1-2H3. The number of hydrogen-bond acceptors (Lipinski definition) is 4. The third-order valence-electron chi connectivity index (χ3n) is 5.13.